The van der Waals surface area contributed by atoms with Crippen molar-refractivity contribution in [1.29, 1.82) is 0 Å². The molecule has 0 bridgehead atoms. The van der Waals surface area contributed by atoms with Gasteiger partial charge < -0.3 is 5.11 Å². The standard InChI is InChI=1S/C14H14N2O/c1-11-6-2-4-8-13(11)16-15-10-12-7-3-5-9-14(12)17/h2-10,16-17H,1H3. The van der Waals surface area contributed by atoms with Gasteiger partial charge in [-0.3, -0.25) is 5.43 Å². The Morgan fingerprint density at radius 3 is 2.53 bits per heavy atom. The third kappa shape index (κ3) is 2.84. The Morgan fingerprint density at radius 1 is 1.06 bits per heavy atom. The maximum absolute atomic E-state index is 9.54. The predicted molar refractivity (Wildman–Crippen MR) is 70.5 cm³/mol. The highest BCUT2D eigenvalue weighted by atomic mass is 16.3. The molecule has 3 nitrogen and oxygen atoms in total. The van der Waals surface area contributed by atoms with Gasteiger partial charge in [-0.25, -0.2) is 0 Å². The van der Waals surface area contributed by atoms with E-state index < -0.39 is 0 Å². The quantitative estimate of drug-likeness (QED) is 0.623. The molecule has 3 heteroatoms. The molecule has 2 rings (SSSR count). The van der Waals surface area contributed by atoms with Crippen LogP contribution in [0, 0.1) is 6.92 Å². The van der Waals surface area contributed by atoms with E-state index in [2.05, 4.69) is 10.5 Å². The van der Waals surface area contributed by atoms with Gasteiger partial charge in [0.2, 0.25) is 0 Å². The molecule has 0 aromatic heterocycles. The number of phenols is 1. The van der Waals surface area contributed by atoms with Gasteiger partial charge in [0, 0.05) is 5.56 Å². The predicted octanol–water partition coefficient (Wildman–Crippen LogP) is 3.15. The van der Waals surface area contributed by atoms with Crippen LogP contribution in [0.15, 0.2) is 53.6 Å². The molecule has 0 aliphatic carbocycles. The zero-order chi connectivity index (χ0) is 12.1. The van der Waals surface area contributed by atoms with Crippen LogP contribution in [0.3, 0.4) is 0 Å². The molecule has 0 aliphatic rings. The van der Waals surface area contributed by atoms with Gasteiger partial charge in [0.15, 0.2) is 0 Å². The van der Waals surface area contributed by atoms with E-state index in [0.29, 0.717) is 5.56 Å². The fourth-order valence-electron chi connectivity index (χ4n) is 1.47. The van der Waals surface area contributed by atoms with Crippen molar-refractivity contribution in [2.24, 2.45) is 5.10 Å². The Morgan fingerprint density at radius 2 is 1.76 bits per heavy atom. The monoisotopic (exact) mass is 226 g/mol. The number of nitrogens with one attached hydrogen (secondary N) is 1. The van der Waals surface area contributed by atoms with Gasteiger partial charge in [-0.05, 0) is 30.7 Å². The third-order valence-electron chi connectivity index (χ3n) is 2.47. The molecule has 0 saturated carbocycles. The maximum atomic E-state index is 9.54. The van der Waals surface area contributed by atoms with Gasteiger partial charge >= 0.3 is 0 Å². The normalized spacial score (nSPS) is 10.6. The minimum absolute atomic E-state index is 0.225. The topological polar surface area (TPSA) is 44.6 Å². The SMILES string of the molecule is Cc1ccccc1NN=Cc1ccccc1O. The lowest BCUT2D eigenvalue weighted by atomic mass is 10.2. The molecular formula is C14H14N2O. The van der Waals surface area contributed by atoms with Crippen molar-refractivity contribution in [2.75, 3.05) is 5.43 Å². The van der Waals surface area contributed by atoms with E-state index in [1.807, 2.05) is 37.3 Å². The van der Waals surface area contributed by atoms with Crippen LogP contribution >= 0.6 is 0 Å². The van der Waals surface area contributed by atoms with Gasteiger partial charge in [0.1, 0.15) is 5.75 Å². The van der Waals surface area contributed by atoms with E-state index >= 15 is 0 Å². The fraction of sp³-hybridized carbons (Fsp3) is 0.0714. The second-order valence-corrected chi connectivity index (χ2v) is 3.74. The van der Waals surface area contributed by atoms with E-state index in [9.17, 15) is 5.11 Å². The summed E-state index contributed by atoms with van der Waals surface area (Å²) in [7, 11) is 0. The van der Waals surface area contributed by atoms with Gasteiger partial charge in [0.05, 0.1) is 11.9 Å². The average Bonchev–Trinajstić information content (AvgIpc) is 2.34. The summed E-state index contributed by atoms with van der Waals surface area (Å²) < 4.78 is 0. The summed E-state index contributed by atoms with van der Waals surface area (Å²) in [4.78, 5) is 0. The van der Waals surface area contributed by atoms with Crippen molar-refractivity contribution >= 4 is 11.9 Å². The van der Waals surface area contributed by atoms with E-state index in [1.165, 1.54) is 0 Å². The molecule has 0 radical (unpaired) electrons. The molecule has 0 saturated heterocycles. The Labute approximate surface area is 100 Å². The summed E-state index contributed by atoms with van der Waals surface area (Å²) in [6.07, 6.45) is 1.60. The van der Waals surface area contributed by atoms with Crippen molar-refractivity contribution in [3.63, 3.8) is 0 Å². The van der Waals surface area contributed by atoms with Crippen LogP contribution in [0.5, 0.6) is 5.75 Å². The minimum Gasteiger partial charge on any atom is -0.507 e. The molecule has 0 unspecified atom stereocenters. The Bertz CT molecular complexity index is 535. The number of aromatic hydroxyl groups is 1. The zero-order valence-electron chi connectivity index (χ0n) is 9.59. The lowest BCUT2D eigenvalue weighted by Crippen LogP contribution is -1.92. The summed E-state index contributed by atoms with van der Waals surface area (Å²) in [5.74, 6) is 0.225. The molecule has 0 fully saturated rings. The number of nitrogens with zero attached hydrogens (tertiary/aromatic N) is 1. The molecule has 2 aromatic rings. The molecule has 0 amide bonds. The number of para-hydroxylation sites is 2. The summed E-state index contributed by atoms with van der Waals surface area (Å²) >= 11 is 0. The highest BCUT2D eigenvalue weighted by molar-refractivity contribution is 5.83. The zero-order valence-corrected chi connectivity index (χ0v) is 9.59. The van der Waals surface area contributed by atoms with Gasteiger partial charge in [-0.15, -0.1) is 0 Å². The highest BCUT2D eigenvalue weighted by Crippen LogP contribution is 2.15. The second-order valence-electron chi connectivity index (χ2n) is 3.74. The number of hydrogen-bond acceptors (Lipinski definition) is 3. The fourth-order valence-corrected chi connectivity index (χ4v) is 1.47. The number of hydrazone groups is 1. The van der Waals surface area contributed by atoms with E-state index in [0.717, 1.165) is 11.3 Å². The maximum Gasteiger partial charge on any atom is 0.124 e. The number of aryl methyl sites for hydroxylation is 1. The second kappa shape index (κ2) is 5.16. The molecule has 0 spiro atoms. The lowest BCUT2D eigenvalue weighted by molar-refractivity contribution is 0.474. The van der Waals surface area contributed by atoms with Crippen LogP contribution in [-0.2, 0) is 0 Å². The van der Waals surface area contributed by atoms with Gasteiger partial charge in [-0.2, -0.15) is 5.10 Å². The molecule has 86 valence electrons. The van der Waals surface area contributed by atoms with Crippen LogP contribution < -0.4 is 5.43 Å². The molecular weight excluding hydrogens is 212 g/mol. The molecule has 17 heavy (non-hydrogen) atoms. The Balaban J connectivity index is 2.09. The number of phenolic OH excluding ortho intramolecular Hbond substituents is 1. The van der Waals surface area contributed by atoms with E-state index in [4.69, 9.17) is 0 Å². The highest BCUT2D eigenvalue weighted by Gasteiger charge is 1.95. The summed E-state index contributed by atoms with van der Waals surface area (Å²) in [6.45, 7) is 2.01. The number of rotatable bonds is 3. The largest absolute Gasteiger partial charge is 0.507 e. The molecule has 2 N–H and O–H groups in total. The summed E-state index contributed by atoms with van der Waals surface area (Å²) in [6, 6.07) is 15.0. The van der Waals surface area contributed by atoms with Crippen LogP contribution in [0.25, 0.3) is 0 Å². The molecule has 0 aliphatic heterocycles. The first-order valence-corrected chi connectivity index (χ1v) is 5.40. The van der Waals surface area contributed by atoms with E-state index in [1.54, 1.807) is 24.4 Å². The van der Waals surface area contributed by atoms with Crippen LogP contribution in [0.1, 0.15) is 11.1 Å². The molecule has 0 heterocycles. The van der Waals surface area contributed by atoms with Crippen molar-refractivity contribution in [1.82, 2.24) is 0 Å². The Kier molecular flexibility index (Phi) is 3.40. The first-order valence-electron chi connectivity index (χ1n) is 5.40. The minimum atomic E-state index is 0.225. The van der Waals surface area contributed by atoms with Crippen molar-refractivity contribution < 1.29 is 5.11 Å². The van der Waals surface area contributed by atoms with Crippen molar-refractivity contribution in [2.45, 2.75) is 6.92 Å². The van der Waals surface area contributed by atoms with Gasteiger partial charge in [0.25, 0.3) is 0 Å². The Hall–Kier alpha value is -2.29. The number of anilines is 1. The number of benzene rings is 2. The van der Waals surface area contributed by atoms with Crippen molar-refractivity contribution in [3.05, 3.63) is 59.7 Å². The first-order chi connectivity index (χ1) is 8.27. The summed E-state index contributed by atoms with van der Waals surface area (Å²) in [5, 5.41) is 13.6. The summed E-state index contributed by atoms with van der Waals surface area (Å²) in [5.41, 5.74) is 5.72. The molecule has 2 aromatic carbocycles. The lowest BCUT2D eigenvalue weighted by Gasteiger charge is -2.03. The van der Waals surface area contributed by atoms with Crippen LogP contribution in [0.2, 0.25) is 0 Å². The third-order valence-corrected chi connectivity index (χ3v) is 2.47. The van der Waals surface area contributed by atoms with Crippen LogP contribution in [0.4, 0.5) is 5.69 Å². The number of hydrogen-bond donors (Lipinski definition) is 2. The van der Waals surface area contributed by atoms with E-state index in [-0.39, 0.29) is 5.75 Å². The smallest absolute Gasteiger partial charge is 0.124 e. The van der Waals surface area contributed by atoms with Crippen LogP contribution in [-0.4, -0.2) is 11.3 Å². The van der Waals surface area contributed by atoms with Crippen molar-refractivity contribution in [3.8, 4) is 5.75 Å². The average molecular weight is 226 g/mol. The molecule has 0 atom stereocenters. The van der Waals surface area contributed by atoms with Gasteiger partial charge in [-0.1, -0.05) is 30.3 Å². The first kappa shape index (κ1) is 11.2.